The number of aromatic nitrogens is 3. The molecule has 0 unspecified atom stereocenters. The number of rotatable bonds is 5. The lowest BCUT2D eigenvalue weighted by atomic mass is 9.75. The summed E-state index contributed by atoms with van der Waals surface area (Å²) in [5.41, 5.74) is 6.05. The Kier molecular flexibility index (Phi) is 4.77. The number of nitriles is 1. The van der Waals surface area contributed by atoms with Crippen LogP contribution in [0.5, 0.6) is 0 Å². The Morgan fingerprint density at radius 3 is 2.72 bits per heavy atom. The lowest BCUT2D eigenvalue weighted by Crippen LogP contribution is -2.51. The molecule has 7 heteroatoms. The molecule has 3 aromatic rings. The molecule has 0 radical (unpaired) electrons. The molecule has 2 N–H and O–H groups in total. The monoisotopic (exact) mass is 391 g/mol. The smallest absolute Gasteiger partial charge is 0.225 e. The topological polar surface area (TPSA) is 98.5 Å². The third-order valence-electron chi connectivity index (χ3n) is 6.24. The molecule has 3 heterocycles. The van der Waals surface area contributed by atoms with E-state index in [0.29, 0.717) is 23.6 Å². The highest BCUT2D eigenvalue weighted by atomic mass is 16.6. The molecule has 1 fully saturated rings. The van der Waals surface area contributed by atoms with E-state index in [9.17, 15) is 5.26 Å². The maximum absolute atomic E-state index is 10.4. The Balaban J connectivity index is 1.84. The molecule has 150 valence electrons. The first-order valence-electron chi connectivity index (χ1n) is 9.82. The highest BCUT2D eigenvalue weighted by Crippen LogP contribution is 2.53. The van der Waals surface area contributed by atoms with Gasteiger partial charge in [0, 0.05) is 5.92 Å². The molecule has 0 bridgehead atoms. The van der Waals surface area contributed by atoms with Crippen LogP contribution in [0.4, 0.5) is 5.82 Å². The fourth-order valence-electron chi connectivity index (χ4n) is 4.33. The molecule has 0 spiro atoms. The van der Waals surface area contributed by atoms with Crippen LogP contribution in [0, 0.1) is 17.2 Å². The fraction of sp³-hybridized carbons (Fsp3) is 0.409. The van der Waals surface area contributed by atoms with Gasteiger partial charge in [-0.2, -0.15) is 10.4 Å². The van der Waals surface area contributed by atoms with E-state index in [1.54, 1.807) is 4.52 Å². The van der Waals surface area contributed by atoms with E-state index in [-0.39, 0.29) is 12.0 Å². The van der Waals surface area contributed by atoms with Crippen molar-refractivity contribution in [2.24, 2.45) is 5.92 Å². The van der Waals surface area contributed by atoms with Crippen LogP contribution in [0.15, 0.2) is 48.8 Å². The number of nitrogens with zero attached hydrogens (tertiary/aromatic N) is 4. The van der Waals surface area contributed by atoms with Crippen molar-refractivity contribution < 1.29 is 9.47 Å². The first-order valence-corrected chi connectivity index (χ1v) is 9.82. The quantitative estimate of drug-likeness (QED) is 0.715. The summed E-state index contributed by atoms with van der Waals surface area (Å²) in [4.78, 5) is 4.05. The zero-order chi connectivity index (χ0) is 20.6. The minimum absolute atomic E-state index is 0.0133. The van der Waals surface area contributed by atoms with Gasteiger partial charge in [-0.05, 0) is 31.0 Å². The minimum Gasteiger partial charge on any atom is -0.382 e. The standard InChI is InChI=1S/C22H25N5O2/c1-4-18-15(2)21(3,28-12-16-8-6-5-7-9-16)22(13-23,29-18)19-11-10-17-20(24)25-14-26-27(17)19/h5-11,14-15,18H,4,12H2,1-3H3,(H2,24,25,26)/t15-,18-,21-,22+/m1/s1. The average Bonchev–Trinajstić information content (AvgIpc) is 3.27. The largest absolute Gasteiger partial charge is 0.382 e. The van der Waals surface area contributed by atoms with E-state index >= 15 is 0 Å². The lowest BCUT2D eigenvalue weighted by molar-refractivity contribution is -0.143. The maximum Gasteiger partial charge on any atom is 0.225 e. The summed E-state index contributed by atoms with van der Waals surface area (Å²) in [5.74, 6) is 0.338. The van der Waals surface area contributed by atoms with Gasteiger partial charge in [-0.25, -0.2) is 9.50 Å². The Morgan fingerprint density at radius 2 is 2.03 bits per heavy atom. The molecule has 0 amide bonds. The van der Waals surface area contributed by atoms with Crippen molar-refractivity contribution in [1.82, 2.24) is 14.6 Å². The van der Waals surface area contributed by atoms with Gasteiger partial charge in [-0.3, -0.25) is 0 Å². The number of ether oxygens (including phenoxy) is 2. The normalized spacial score (nSPS) is 29.2. The summed E-state index contributed by atoms with van der Waals surface area (Å²) in [6.45, 7) is 6.48. The van der Waals surface area contributed by atoms with E-state index < -0.39 is 11.2 Å². The van der Waals surface area contributed by atoms with E-state index in [2.05, 4.69) is 30.0 Å². The van der Waals surface area contributed by atoms with Gasteiger partial charge in [0.25, 0.3) is 0 Å². The zero-order valence-corrected chi connectivity index (χ0v) is 16.9. The third-order valence-corrected chi connectivity index (χ3v) is 6.24. The number of hydrogen-bond acceptors (Lipinski definition) is 6. The first-order chi connectivity index (χ1) is 14.0. The van der Waals surface area contributed by atoms with Gasteiger partial charge in [0.1, 0.15) is 23.5 Å². The Bertz CT molecular complexity index is 1060. The summed E-state index contributed by atoms with van der Waals surface area (Å²) < 4.78 is 14.6. The number of anilines is 1. The predicted molar refractivity (Wildman–Crippen MR) is 109 cm³/mol. The highest BCUT2D eigenvalue weighted by molar-refractivity contribution is 5.66. The number of nitrogen functional groups attached to an aromatic ring is 1. The van der Waals surface area contributed by atoms with Gasteiger partial charge >= 0.3 is 0 Å². The summed E-state index contributed by atoms with van der Waals surface area (Å²) in [6, 6.07) is 16.0. The van der Waals surface area contributed by atoms with Gasteiger partial charge in [0.05, 0.1) is 18.4 Å². The SMILES string of the molecule is CC[C@H]1O[C@@](C#N)(c2ccc3c(N)ncnn23)[C@](C)(OCc2ccccc2)[C@@H]1C. The second-order valence-corrected chi connectivity index (χ2v) is 7.69. The summed E-state index contributed by atoms with van der Waals surface area (Å²) in [7, 11) is 0. The maximum atomic E-state index is 10.4. The predicted octanol–water partition coefficient (Wildman–Crippen LogP) is 3.45. The van der Waals surface area contributed by atoms with Crippen molar-refractivity contribution in [3.63, 3.8) is 0 Å². The van der Waals surface area contributed by atoms with Crippen LogP contribution in [0.2, 0.25) is 0 Å². The van der Waals surface area contributed by atoms with Crippen molar-refractivity contribution in [3.05, 3.63) is 60.0 Å². The van der Waals surface area contributed by atoms with Gasteiger partial charge < -0.3 is 15.2 Å². The molecule has 4 rings (SSSR count). The van der Waals surface area contributed by atoms with Crippen LogP contribution in [0.25, 0.3) is 5.52 Å². The van der Waals surface area contributed by atoms with Crippen molar-refractivity contribution in [2.45, 2.75) is 51.1 Å². The number of benzene rings is 1. The van der Waals surface area contributed by atoms with Crippen LogP contribution in [0.3, 0.4) is 0 Å². The molecule has 29 heavy (non-hydrogen) atoms. The van der Waals surface area contributed by atoms with E-state index in [4.69, 9.17) is 15.2 Å². The Hall–Kier alpha value is -2.95. The number of hydrogen-bond donors (Lipinski definition) is 1. The molecule has 1 aliphatic heterocycles. The number of fused-ring (bicyclic) bond motifs is 1. The summed E-state index contributed by atoms with van der Waals surface area (Å²) in [5, 5.41) is 14.8. The van der Waals surface area contributed by atoms with Crippen LogP contribution in [0.1, 0.15) is 38.4 Å². The van der Waals surface area contributed by atoms with E-state index in [1.807, 2.05) is 49.4 Å². The second-order valence-electron chi connectivity index (χ2n) is 7.69. The summed E-state index contributed by atoms with van der Waals surface area (Å²) in [6.07, 6.45) is 2.03. The van der Waals surface area contributed by atoms with Crippen LogP contribution in [-0.4, -0.2) is 26.3 Å². The number of nitrogens with two attached hydrogens (primary N) is 1. The first kappa shape index (κ1) is 19.4. The molecule has 1 aromatic carbocycles. The van der Waals surface area contributed by atoms with E-state index in [0.717, 1.165) is 12.0 Å². The van der Waals surface area contributed by atoms with Crippen molar-refractivity contribution in [2.75, 3.05) is 5.73 Å². The highest BCUT2D eigenvalue weighted by Gasteiger charge is 2.65. The van der Waals surface area contributed by atoms with Gasteiger partial charge in [0.2, 0.25) is 5.60 Å². The van der Waals surface area contributed by atoms with Crippen LogP contribution >= 0.6 is 0 Å². The van der Waals surface area contributed by atoms with Crippen molar-refractivity contribution in [3.8, 4) is 6.07 Å². The Labute approximate surface area is 170 Å². The van der Waals surface area contributed by atoms with Crippen LogP contribution < -0.4 is 5.73 Å². The molecular weight excluding hydrogens is 366 g/mol. The van der Waals surface area contributed by atoms with Crippen molar-refractivity contribution >= 4 is 11.3 Å². The average molecular weight is 391 g/mol. The van der Waals surface area contributed by atoms with Crippen molar-refractivity contribution in [1.29, 1.82) is 5.26 Å². The Morgan fingerprint density at radius 1 is 1.28 bits per heavy atom. The molecule has 1 saturated heterocycles. The molecule has 4 atom stereocenters. The summed E-state index contributed by atoms with van der Waals surface area (Å²) >= 11 is 0. The molecule has 0 aliphatic carbocycles. The van der Waals surface area contributed by atoms with E-state index in [1.165, 1.54) is 6.33 Å². The van der Waals surface area contributed by atoms with Crippen LogP contribution in [-0.2, 0) is 21.7 Å². The molecular formula is C22H25N5O2. The zero-order valence-electron chi connectivity index (χ0n) is 16.9. The molecule has 0 saturated carbocycles. The minimum atomic E-state index is -1.34. The second kappa shape index (κ2) is 7.14. The third kappa shape index (κ3) is 2.79. The van der Waals surface area contributed by atoms with Gasteiger partial charge in [-0.1, -0.05) is 44.2 Å². The lowest BCUT2D eigenvalue weighted by Gasteiger charge is -2.39. The fourth-order valence-corrected chi connectivity index (χ4v) is 4.33. The van der Waals surface area contributed by atoms with Gasteiger partial charge in [0.15, 0.2) is 5.82 Å². The molecule has 7 nitrogen and oxygen atoms in total. The molecule has 1 aliphatic rings. The van der Waals surface area contributed by atoms with Gasteiger partial charge in [-0.15, -0.1) is 0 Å². The molecule has 2 aromatic heterocycles.